The minimum absolute atomic E-state index is 0.0155. The summed E-state index contributed by atoms with van der Waals surface area (Å²) in [5, 5.41) is 28.6. The Morgan fingerprint density at radius 1 is 0.863 bits per heavy atom. The van der Waals surface area contributed by atoms with E-state index in [1.165, 1.54) is 63.3 Å². The Morgan fingerprint density at radius 2 is 1.45 bits per heavy atom. The first-order valence-electron chi connectivity index (χ1n) is 22.7. The number of ether oxygens (including phenoxy) is 8. The Morgan fingerprint density at radius 3 is 1.96 bits per heavy atom. The molecule has 3 N–H and O–H groups in total. The number of amides is 1. The van der Waals surface area contributed by atoms with Crippen molar-refractivity contribution in [2.75, 3.05) is 19.8 Å². The zero-order valence-corrected chi connectivity index (χ0v) is 46.2. The molecule has 25 heteroatoms. The second-order valence-electron chi connectivity index (χ2n) is 20.3. The summed E-state index contributed by atoms with van der Waals surface area (Å²) in [5.74, 6) is -6.82. The topological polar surface area (TPSA) is 246 Å². The van der Waals surface area contributed by atoms with Crippen LogP contribution in [0.5, 0.6) is 0 Å². The summed E-state index contributed by atoms with van der Waals surface area (Å²) in [6.07, 6.45) is -15.2. The van der Waals surface area contributed by atoms with E-state index in [1.54, 1.807) is 45.9 Å². The number of fused-ring (bicyclic) bond motifs is 5. The number of aliphatic hydroxyl groups excluding tert-OH is 1. The van der Waals surface area contributed by atoms with E-state index in [2.05, 4.69) is 5.32 Å². The zero-order valence-electron chi connectivity index (χ0n) is 40.9. The number of benzene rings is 1. The summed E-state index contributed by atoms with van der Waals surface area (Å²) < 4.78 is 42.5. The van der Waals surface area contributed by atoms with Crippen LogP contribution in [0.2, 0.25) is 0 Å². The van der Waals surface area contributed by atoms with Crippen LogP contribution in [0.1, 0.15) is 93.1 Å². The third-order valence-corrected chi connectivity index (χ3v) is 15.7. The highest BCUT2D eigenvalue weighted by molar-refractivity contribution is 7.13. The molecule has 1 aliphatic heterocycles. The van der Waals surface area contributed by atoms with Gasteiger partial charge in [0.1, 0.15) is 43.2 Å². The van der Waals surface area contributed by atoms with Crippen molar-refractivity contribution in [1.29, 1.82) is 0 Å². The van der Waals surface area contributed by atoms with Gasteiger partial charge in [-0.2, -0.15) is 0 Å². The highest BCUT2D eigenvalue weighted by Crippen LogP contribution is 2.65. The molecule has 6 rings (SSSR count). The second-order valence-corrected chi connectivity index (χ2v) is 26.6. The van der Waals surface area contributed by atoms with Crippen LogP contribution in [0.4, 0.5) is 9.59 Å². The summed E-state index contributed by atoms with van der Waals surface area (Å²) in [4.78, 5) is 101. The van der Waals surface area contributed by atoms with Gasteiger partial charge in [0, 0.05) is 30.1 Å². The molecule has 18 nitrogen and oxygen atoms in total. The fraction of sp³-hybridized carbons (Fsp3) is 0.604. The van der Waals surface area contributed by atoms with Gasteiger partial charge in [-0.25, -0.2) is 19.2 Å². The fourth-order valence-corrected chi connectivity index (χ4v) is 11.5. The van der Waals surface area contributed by atoms with Crippen LogP contribution in [0.3, 0.4) is 0 Å². The van der Waals surface area contributed by atoms with Crippen LogP contribution in [0.25, 0.3) is 0 Å². The molecule has 402 valence electrons. The summed E-state index contributed by atoms with van der Waals surface area (Å²) >= 11 is 36.6. The number of carbonyl (C=O) groups excluding carboxylic acids is 7. The van der Waals surface area contributed by atoms with Crippen LogP contribution in [-0.4, -0.2) is 133 Å². The van der Waals surface area contributed by atoms with Gasteiger partial charge >= 0.3 is 30.2 Å². The maximum absolute atomic E-state index is 16.3. The molecule has 1 aromatic heterocycles. The number of rotatable bonds is 12. The number of halogens is 6. The van der Waals surface area contributed by atoms with Crippen molar-refractivity contribution in [3.05, 3.63) is 68.9 Å². The van der Waals surface area contributed by atoms with Gasteiger partial charge in [0.05, 0.1) is 34.4 Å². The van der Waals surface area contributed by atoms with Crippen molar-refractivity contribution in [2.45, 2.75) is 137 Å². The van der Waals surface area contributed by atoms with E-state index in [4.69, 9.17) is 108 Å². The third kappa shape index (κ3) is 12.0. The predicted octanol–water partition coefficient (Wildman–Crippen LogP) is 8.27. The van der Waals surface area contributed by atoms with Crippen molar-refractivity contribution in [1.82, 2.24) is 5.32 Å². The number of nitrogens with one attached hydrogen (secondary N) is 1. The molecule has 1 amide bonds. The van der Waals surface area contributed by atoms with E-state index in [1.807, 2.05) is 0 Å². The highest BCUT2D eigenvalue weighted by Gasteiger charge is 2.79. The first-order valence-corrected chi connectivity index (χ1v) is 25.8. The summed E-state index contributed by atoms with van der Waals surface area (Å²) in [7, 11) is 0. The van der Waals surface area contributed by atoms with Crippen LogP contribution >= 0.6 is 80.9 Å². The summed E-state index contributed by atoms with van der Waals surface area (Å²) in [6, 6.07) is 9.55. The normalized spacial score (nSPS) is 29.5. The minimum Gasteiger partial charge on any atom is -0.456 e. The SMILES string of the molecule is CC(=O)O[C@@]12CO[C@@H]1C[C@H](OC(=O)OCC(Cl)(Cl)Cl)[C@@]1(C)C(=O)[C@H](OC(=O)OCC(Cl)(Cl)Cl)C3=C(C)[C@@H](OC(=O)[C@H](O)[C@@H](NC(=O)c4ccc(C)s4)C(C)(C)C)C[C@@](O)([C@@H](OC(=O)c4ccccc4)[C@H]21)C3(C)C. The summed E-state index contributed by atoms with van der Waals surface area (Å²) in [6.45, 7) is 11.2. The first kappa shape index (κ1) is 58.6. The van der Waals surface area contributed by atoms with Crippen LogP contribution in [0.15, 0.2) is 53.6 Å². The van der Waals surface area contributed by atoms with Gasteiger partial charge in [0.25, 0.3) is 5.91 Å². The van der Waals surface area contributed by atoms with Crippen molar-refractivity contribution in [3.8, 4) is 0 Å². The Bertz CT molecular complexity index is 2520. The molecule has 0 unspecified atom stereocenters. The number of aryl methyl sites for hydroxylation is 1. The quantitative estimate of drug-likeness (QED) is 0.0783. The molecule has 2 saturated carbocycles. The lowest BCUT2D eigenvalue weighted by molar-refractivity contribution is -0.346. The monoisotopic (exact) mass is 1160 g/mol. The molecule has 3 aliphatic carbocycles. The molecule has 1 aromatic carbocycles. The maximum Gasteiger partial charge on any atom is 0.509 e. The molecular weight excluding hydrogens is 1110 g/mol. The van der Waals surface area contributed by atoms with Crippen LogP contribution < -0.4 is 5.32 Å². The van der Waals surface area contributed by atoms with Gasteiger partial charge in [-0.15, -0.1) is 11.3 Å². The van der Waals surface area contributed by atoms with E-state index < -0.39 is 158 Å². The maximum atomic E-state index is 16.3. The minimum atomic E-state index is -2.63. The molecule has 2 bridgehead atoms. The van der Waals surface area contributed by atoms with Crippen molar-refractivity contribution in [3.63, 3.8) is 0 Å². The van der Waals surface area contributed by atoms with Gasteiger partial charge in [-0.1, -0.05) is 122 Å². The zero-order chi connectivity index (χ0) is 54.6. The van der Waals surface area contributed by atoms with Gasteiger partial charge in [-0.05, 0) is 61.6 Å². The van der Waals surface area contributed by atoms with E-state index in [-0.39, 0.29) is 16.7 Å². The predicted molar refractivity (Wildman–Crippen MR) is 266 cm³/mol. The molecule has 2 heterocycles. The Labute approximate surface area is 454 Å². The Balaban J connectivity index is 1.60. The Kier molecular flexibility index (Phi) is 17.2. The van der Waals surface area contributed by atoms with Gasteiger partial charge < -0.3 is 53.4 Å². The number of hydrogen-bond donors (Lipinski definition) is 3. The second kappa shape index (κ2) is 21.4. The number of hydrogen-bond acceptors (Lipinski definition) is 18. The smallest absolute Gasteiger partial charge is 0.456 e. The number of thiophene rings is 1. The lowest BCUT2D eigenvalue weighted by Crippen LogP contribution is -2.82. The number of alkyl halides is 6. The largest absolute Gasteiger partial charge is 0.509 e. The first-order chi connectivity index (χ1) is 33.6. The van der Waals surface area contributed by atoms with Crippen molar-refractivity contribution >= 4 is 123 Å². The van der Waals surface area contributed by atoms with Crippen LogP contribution in [-0.2, 0) is 52.3 Å². The molecule has 1 saturated heterocycles. The van der Waals surface area contributed by atoms with E-state index in [0.717, 1.165) is 11.8 Å². The lowest BCUT2D eigenvalue weighted by atomic mass is 9.44. The highest BCUT2D eigenvalue weighted by atomic mass is 35.6. The number of aliphatic hydroxyl groups is 2. The fourth-order valence-electron chi connectivity index (χ4n) is 10.4. The van der Waals surface area contributed by atoms with Gasteiger partial charge in [0.15, 0.2) is 23.6 Å². The van der Waals surface area contributed by atoms with Crippen molar-refractivity contribution < 1.29 is 81.7 Å². The van der Waals surface area contributed by atoms with Gasteiger partial charge in [0.2, 0.25) is 7.59 Å². The molecule has 0 radical (unpaired) electrons. The molecule has 11 atom stereocenters. The number of esters is 3. The van der Waals surface area contributed by atoms with Gasteiger partial charge in [-0.3, -0.25) is 14.4 Å². The molecule has 2 aromatic rings. The molecule has 3 fully saturated rings. The molecule has 73 heavy (non-hydrogen) atoms. The Hall–Kier alpha value is -3.63. The number of carbonyl (C=O) groups is 7. The average Bonchev–Trinajstić information content (AvgIpc) is 3.72. The van der Waals surface area contributed by atoms with E-state index in [9.17, 15) is 39.0 Å². The number of Topliss-reactive ketones (excluding diaryl/α,β-unsaturated/α-hetero) is 1. The van der Waals surface area contributed by atoms with Crippen molar-refractivity contribution in [2.24, 2.45) is 22.2 Å². The van der Waals surface area contributed by atoms with E-state index >= 15 is 4.79 Å². The standard InChI is InChI=1S/C48H55Cl6NO17S/c1-22-15-16-27(73-22)37(59)55-34(42(4,5)6)31(57)39(61)68-26-18-46(64)36(71-38(60)25-13-11-10-12-14-25)33-44(9,35(58)32(30(23(26)2)43(46,7)8)70-41(63)67-21-48(52,53)54)28(69-40(62)66-20-47(49,50)51)17-29-45(33,19-65-29)72-24(3)56/h10-16,26,28-29,31-34,36,57,64H,17-21H2,1-9H3,(H,55,59)/t26-,28-,29+,31+,32+,33-,34+,36-,44+,45-,46+/m0/s1. The summed E-state index contributed by atoms with van der Waals surface area (Å²) in [5.41, 5.74) is -10.3. The molecule has 0 spiro atoms. The van der Waals surface area contributed by atoms with E-state index in [0.29, 0.717) is 4.88 Å². The molecule has 4 aliphatic rings. The van der Waals surface area contributed by atoms with Crippen LogP contribution in [0, 0.1) is 29.1 Å². The lowest BCUT2D eigenvalue weighted by Gasteiger charge is -2.67. The average molecular weight is 1160 g/mol. The molecular formula is C48H55Cl6NO17S. The third-order valence-electron chi connectivity index (χ3n) is 14.0. The number of ketones is 1.